The van der Waals surface area contributed by atoms with E-state index in [0.717, 1.165) is 35.1 Å². The van der Waals surface area contributed by atoms with Crippen molar-refractivity contribution in [1.29, 1.82) is 0 Å². The molecule has 4 aromatic rings. The van der Waals surface area contributed by atoms with Crippen molar-refractivity contribution in [2.75, 3.05) is 12.4 Å². The summed E-state index contributed by atoms with van der Waals surface area (Å²) in [7, 11) is 1.68. The molecule has 5 rings (SSSR count). The summed E-state index contributed by atoms with van der Waals surface area (Å²) in [5, 5.41) is 8.70. The average molecular weight is 404 g/mol. The monoisotopic (exact) mass is 404 g/mol. The number of aromatic nitrogens is 5. The zero-order chi connectivity index (χ0) is 19.8. The number of ether oxygens (including phenoxy) is 1. The molecule has 0 fully saturated rings. The van der Waals surface area contributed by atoms with E-state index in [0.29, 0.717) is 11.9 Å². The number of hydrogen-bond donors (Lipinski definition) is 1. The quantitative estimate of drug-likeness (QED) is 0.536. The van der Waals surface area contributed by atoms with Gasteiger partial charge in [0.1, 0.15) is 5.75 Å². The van der Waals surface area contributed by atoms with Crippen molar-refractivity contribution < 1.29 is 4.74 Å². The first-order chi connectivity index (χ1) is 14.2. The van der Waals surface area contributed by atoms with Crippen LogP contribution in [0.2, 0.25) is 0 Å². The minimum Gasteiger partial charge on any atom is -0.497 e. The maximum atomic E-state index is 5.25. The Kier molecular flexibility index (Phi) is 4.48. The van der Waals surface area contributed by atoms with Gasteiger partial charge in [0.2, 0.25) is 5.95 Å². The molecule has 3 heterocycles. The Morgan fingerprint density at radius 3 is 2.76 bits per heavy atom. The third-order valence-electron chi connectivity index (χ3n) is 5.07. The average Bonchev–Trinajstić information content (AvgIpc) is 3.33. The van der Waals surface area contributed by atoms with Crippen molar-refractivity contribution in [1.82, 2.24) is 24.7 Å². The summed E-state index contributed by atoms with van der Waals surface area (Å²) in [6.07, 6.45) is 6.32. The molecule has 1 aromatic carbocycles. The van der Waals surface area contributed by atoms with Crippen LogP contribution in [0.25, 0.3) is 11.3 Å². The Labute approximate surface area is 172 Å². The third-order valence-corrected chi connectivity index (χ3v) is 6.06. The molecule has 146 valence electrons. The normalized spacial score (nSPS) is 14.9. The molecular formula is C21H20N6OS. The molecule has 1 N–H and O–H groups in total. The number of anilines is 2. The summed E-state index contributed by atoms with van der Waals surface area (Å²) in [6.45, 7) is 2.98. The molecule has 7 nitrogen and oxygen atoms in total. The van der Waals surface area contributed by atoms with Crippen LogP contribution < -0.4 is 10.1 Å². The Balaban J connectivity index is 1.45. The minimum absolute atomic E-state index is 0.375. The van der Waals surface area contributed by atoms with Crippen LogP contribution in [0.5, 0.6) is 5.75 Å². The Morgan fingerprint density at radius 2 is 2.00 bits per heavy atom. The predicted molar refractivity (Wildman–Crippen MR) is 113 cm³/mol. The number of methoxy groups -OCH3 is 1. The van der Waals surface area contributed by atoms with E-state index in [2.05, 4.69) is 44.1 Å². The molecule has 3 aromatic heterocycles. The van der Waals surface area contributed by atoms with Crippen LogP contribution in [0.4, 0.5) is 11.1 Å². The van der Waals surface area contributed by atoms with E-state index < -0.39 is 0 Å². The van der Waals surface area contributed by atoms with Gasteiger partial charge < -0.3 is 10.1 Å². The van der Waals surface area contributed by atoms with Gasteiger partial charge in [-0.2, -0.15) is 5.10 Å². The molecule has 29 heavy (non-hydrogen) atoms. The predicted octanol–water partition coefficient (Wildman–Crippen LogP) is 4.26. The topological polar surface area (TPSA) is 77.8 Å². The Morgan fingerprint density at radius 1 is 1.21 bits per heavy atom. The van der Waals surface area contributed by atoms with E-state index in [1.54, 1.807) is 36.9 Å². The fourth-order valence-corrected chi connectivity index (χ4v) is 4.81. The van der Waals surface area contributed by atoms with Gasteiger partial charge in [-0.15, -0.1) is 11.3 Å². The van der Waals surface area contributed by atoms with Crippen LogP contribution in [-0.2, 0) is 13.0 Å². The molecule has 1 aliphatic carbocycles. The fraction of sp³-hybridized carbons (Fsp3) is 0.238. The zero-order valence-electron chi connectivity index (χ0n) is 16.2. The highest BCUT2D eigenvalue weighted by molar-refractivity contribution is 7.16. The molecule has 1 aliphatic rings. The number of rotatable bonds is 5. The van der Waals surface area contributed by atoms with Crippen LogP contribution in [0.3, 0.4) is 0 Å². The van der Waals surface area contributed by atoms with Crippen molar-refractivity contribution in [3.8, 4) is 17.0 Å². The molecular weight excluding hydrogens is 384 g/mol. The smallest absolute Gasteiger partial charge is 0.228 e. The van der Waals surface area contributed by atoms with Crippen molar-refractivity contribution >= 4 is 22.4 Å². The van der Waals surface area contributed by atoms with E-state index in [1.807, 2.05) is 18.3 Å². The highest BCUT2D eigenvalue weighted by Gasteiger charge is 2.29. The number of thiazole rings is 1. The van der Waals surface area contributed by atoms with Crippen LogP contribution in [0.1, 0.15) is 29.0 Å². The Bertz CT molecular complexity index is 1140. The largest absolute Gasteiger partial charge is 0.497 e. The summed E-state index contributed by atoms with van der Waals surface area (Å²) >= 11 is 1.66. The van der Waals surface area contributed by atoms with E-state index in [-0.39, 0.29) is 0 Å². The van der Waals surface area contributed by atoms with Gasteiger partial charge in [-0.05, 0) is 30.2 Å². The lowest BCUT2D eigenvalue weighted by Crippen LogP contribution is -2.14. The number of fused-ring (bicyclic) bond motifs is 3. The highest BCUT2D eigenvalue weighted by atomic mass is 32.1. The van der Waals surface area contributed by atoms with Gasteiger partial charge in [-0.1, -0.05) is 19.1 Å². The standard InChI is InChI=1S/C21H20N6OS/c1-13-10-17-18(25-21(29-17)26-20-22-8-3-9-23-20)16-11-24-27(19(13)16)12-14-4-6-15(28-2)7-5-14/h3-9,11,13H,10,12H2,1-2H3,(H,22,23,25,26). The number of benzene rings is 1. The van der Waals surface area contributed by atoms with E-state index in [1.165, 1.54) is 16.1 Å². The Hall–Kier alpha value is -3.26. The van der Waals surface area contributed by atoms with E-state index in [4.69, 9.17) is 9.72 Å². The van der Waals surface area contributed by atoms with Crippen LogP contribution in [0.15, 0.2) is 48.9 Å². The second-order valence-electron chi connectivity index (χ2n) is 7.04. The van der Waals surface area contributed by atoms with Crippen LogP contribution in [0, 0.1) is 0 Å². The molecule has 1 unspecified atom stereocenters. The molecule has 0 spiro atoms. The summed E-state index contributed by atoms with van der Waals surface area (Å²) in [5.41, 5.74) is 4.56. The van der Waals surface area contributed by atoms with Gasteiger partial charge in [0.15, 0.2) is 5.13 Å². The second-order valence-corrected chi connectivity index (χ2v) is 8.13. The zero-order valence-corrected chi connectivity index (χ0v) is 17.0. The van der Waals surface area contributed by atoms with Gasteiger partial charge in [-0.3, -0.25) is 4.68 Å². The van der Waals surface area contributed by atoms with Gasteiger partial charge in [0.25, 0.3) is 0 Å². The molecule has 0 radical (unpaired) electrons. The highest BCUT2D eigenvalue weighted by Crippen LogP contribution is 2.43. The molecule has 0 saturated carbocycles. The fourth-order valence-electron chi connectivity index (χ4n) is 3.72. The molecule has 0 saturated heterocycles. The first kappa shape index (κ1) is 17.8. The molecule has 8 heteroatoms. The second kappa shape index (κ2) is 7.29. The summed E-state index contributed by atoms with van der Waals surface area (Å²) in [6, 6.07) is 9.92. The first-order valence-corrected chi connectivity index (χ1v) is 10.3. The SMILES string of the molecule is COc1ccc(Cn2ncc3c2C(C)Cc2sc(Nc4ncccn4)nc2-3)cc1. The summed E-state index contributed by atoms with van der Waals surface area (Å²) in [4.78, 5) is 14.5. The van der Waals surface area contributed by atoms with Crippen LogP contribution >= 0.6 is 11.3 Å². The minimum atomic E-state index is 0.375. The van der Waals surface area contributed by atoms with Crippen molar-refractivity contribution in [2.45, 2.75) is 25.8 Å². The number of hydrogen-bond acceptors (Lipinski definition) is 7. The lowest BCUT2D eigenvalue weighted by molar-refractivity contribution is 0.414. The molecule has 0 aliphatic heterocycles. The lowest BCUT2D eigenvalue weighted by Gasteiger charge is -2.20. The van der Waals surface area contributed by atoms with E-state index in [9.17, 15) is 0 Å². The molecule has 0 bridgehead atoms. The van der Waals surface area contributed by atoms with Gasteiger partial charge in [0, 0.05) is 28.8 Å². The van der Waals surface area contributed by atoms with Crippen LogP contribution in [-0.4, -0.2) is 31.8 Å². The number of nitrogens with one attached hydrogen (secondary N) is 1. The van der Waals surface area contributed by atoms with Crippen molar-refractivity contribution in [2.24, 2.45) is 0 Å². The maximum Gasteiger partial charge on any atom is 0.228 e. The van der Waals surface area contributed by atoms with Gasteiger partial charge in [0.05, 0.1) is 31.2 Å². The lowest BCUT2D eigenvalue weighted by atomic mass is 9.91. The summed E-state index contributed by atoms with van der Waals surface area (Å²) < 4.78 is 7.35. The molecule has 0 amide bonds. The van der Waals surface area contributed by atoms with Gasteiger partial charge in [-0.25, -0.2) is 15.0 Å². The summed E-state index contributed by atoms with van der Waals surface area (Å²) in [5.74, 6) is 1.79. The third kappa shape index (κ3) is 3.36. The maximum absolute atomic E-state index is 5.25. The van der Waals surface area contributed by atoms with Crippen molar-refractivity contribution in [3.05, 3.63) is 65.1 Å². The van der Waals surface area contributed by atoms with E-state index >= 15 is 0 Å². The van der Waals surface area contributed by atoms with Gasteiger partial charge >= 0.3 is 0 Å². The number of nitrogens with zero attached hydrogens (tertiary/aromatic N) is 5. The first-order valence-electron chi connectivity index (χ1n) is 9.44. The van der Waals surface area contributed by atoms with Crippen molar-refractivity contribution in [3.63, 3.8) is 0 Å². The molecule has 1 atom stereocenters.